The molecule has 1 aliphatic rings. The molecule has 1 saturated heterocycles. The van der Waals surface area contributed by atoms with E-state index in [0.717, 1.165) is 32.1 Å². The van der Waals surface area contributed by atoms with Crippen molar-refractivity contribution in [2.45, 2.75) is 19.3 Å². The average Bonchev–Trinajstić information content (AvgIpc) is 2.89. The van der Waals surface area contributed by atoms with Gasteiger partial charge in [0.15, 0.2) is 11.6 Å². The molecule has 0 radical (unpaired) electrons. The molecule has 0 atom stereocenters. The molecule has 0 aromatic heterocycles. The standard InChI is InChI=1S/C14H18FNO3/c15-12-10-11(14(17)18)4-5-13(12)19-9-3-8-16-6-1-2-7-16/h4-5,10H,1-3,6-9H2,(H,17,18). The van der Waals surface area contributed by atoms with Crippen LogP contribution in [0.3, 0.4) is 0 Å². The molecule has 1 N–H and O–H groups in total. The minimum Gasteiger partial charge on any atom is -0.490 e. The number of hydrogen-bond donors (Lipinski definition) is 1. The highest BCUT2D eigenvalue weighted by Crippen LogP contribution is 2.18. The fourth-order valence-corrected chi connectivity index (χ4v) is 2.23. The molecular weight excluding hydrogens is 249 g/mol. The van der Waals surface area contributed by atoms with Gasteiger partial charge < -0.3 is 14.7 Å². The molecule has 0 aliphatic carbocycles. The Morgan fingerprint density at radius 1 is 1.37 bits per heavy atom. The highest BCUT2D eigenvalue weighted by molar-refractivity contribution is 5.87. The van der Waals surface area contributed by atoms with Crippen LogP contribution in [0.4, 0.5) is 4.39 Å². The molecule has 5 heteroatoms. The number of likely N-dealkylation sites (tertiary alicyclic amines) is 1. The van der Waals surface area contributed by atoms with Crippen molar-refractivity contribution < 1.29 is 19.0 Å². The Labute approximate surface area is 111 Å². The van der Waals surface area contributed by atoms with Crippen LogP contribution in [0.15, 0.2) is 18.2 Å². The van der Waals surface area contributed by atoms with E-state index in [1.165, 1.54) is 25.0 Å². The summed E-state index contributed by atoms with van der Waals surface area (Å²) < 4.78 is 18.9. The first kappa shape index (κ1) is 13.8. The zero-order valence-corrected chi connectivity index (χ0v) is 10.8. The zero-order chi connectivity index (χ0) is 13.7. The highest BCUT2D eigenvalue weighted by Gasteiger charge is 2.11. The molecule has 1 aromatic rings. The van der Waals surface area contributed by atoms with Crippen LogP contribution in [-0.4, -0.2) is 42.2 Å². The first-order valence-corrected chi connectivity index (χ1v) is 6.55. The topological polar surface area (TPSA) is 49.8 Å². The van der Waals surface area contributed by atoms with Gasteiger partial charge in [-0.1, -0.05) is 0 Å². The van der Waals surface area contributed by atoms with Crippen molar-refractivity contribution in [1.82, 2.24) is 4.90 Å². The lowest BCUT2D eigenvalue weighted by Gasteiger charge is -2.14. The number of rotatable bonds is 6. The van der Waals surface area contributed by atoms with E-state index in [-0.39, 0.29) is 11.3 Å². The second kappa shape index (κ2) is 6.52. The van der Waals surface area contributed by atoms with Crippen molar-refractivity contribution in [2.24, 2.45) is 0 Å². The fraction of sp³-hybridized carbons (Fsp3) is 0.500. The minimum atomic E-state index is -1.14. The van der Waals surface area contributed by atoms with Gasteiger partial charge in [-0.3, -0.25) is 0 Å². The lowest BCUT2D eigenvalue weighted by molar-refractivity contribution is 0.0696. The van der Waals surface area contributed by atoms with Gasteiger partial charge in [0.25, 0.3) is 0 Å². The largest absolute Gasteiger partial charge is 0.490 e. The summed E-state index contributed by atoms with van der Waals surface area (Å²) in [7, 11) is 0. The normalized spacial score (nSPS) is 15.6. The van der Waals surface area contributed by atoms with Gasteiger partial charge in [-0.15, -0.1) is 0 Å². The van der Waals surface area contributed by atoms with Gasteiger partial charge in [0.2, 0.25) is 0 Å². The maximum absolute atomic E-state index is 13.5. The van der Waals surface area contributed by atoms with Crippen molar-refractivity contribution in [3.05, 3.63) is 29.6 Å². The summed E-state index contributed by atoms with van der Waals surface area (Å²) in [6, 6.07) is 3.70. The van der Waals surface area contributed by atoms with E-state index < -0.39 is 11.8 Å². The van der Waals surface area contributed by atoms with E-state index in [9.17, 15) is 9.18 Å². The Morgan fingerprint density at radius 3 is 2.74 bits per heavy atom. The summed E-state index contributed by atoms with van der Waals surface area (Å²) in [4.78, 5) is 13.0. The molecule has 1 fully saturated rings. The number of carboxylic acids is 1. The molecule has 2 rings (SSSR count). The van der Waals surface area contributed by atoms with Crippen LogP contribution in [0.5, 0.6) is 5.75 Å². The fourth-order valence-electron chi connectivity index (χ4n) is 2.23. The number of carbonyl (C=O) groups is 1. The quantitative estimate of drug-likeness (QED) is 0.804. The molecule has 0 unspecified atom stereocenters. The Hall–Kier alpha value is -1.62. The van der Waals surface area contributed by atoms with Crippen LogP contribution in [0, 0.1) is 5.82 Å². The summed E-state index contributed by atoms with van der Waals surface area (Å²) in [6.07, 6.45) is 3.36. The average molecular weight is 267 g/mol. The van der Waals surface area contributed by atoms with Gasteiger partial charge in [0.1, 0.15) is 0 Å². The number of benzene rings is 1. The third-order valence-electron chi connectivity index (χ3n) is 3.25. The van der Waals surface area contributed by atoms with E-state index in [0.29, 0.717) is 6.61 Å². The first-order chi connectivity index (χ1) is 9.16. The lowest BCUT2D eigenvalue weighted by atomic mass is 10.2. The van der Waals surface area contributed by atoms with Gasteiger partial charge in [-0.2, -0.15) is 0 Å². The summed E-state index contributed by atoms with van der Waals surface area (Å²) in [5.41, 5.74) is -0.0677. The lowest BCUT2D eigenvalue weighted by Crippen LogP contribution is -2.22. The van der Waals surface area contributed by atoms with E-state index in [1.807, 2.05) is 0 Å². The third-order valence-corrected chi connectivity index (χ3v) is 3.25. The predicted molar refractivity (Wildman–Crippen MR) is 69.1 cm³/mol. The molecule has 0 spiro atoms. The van der Waals surface area contributed by atoms with Crippen LogP contribution < -0.4 is 4.74 Å². The Morgan fingerprint density at radius 2 is 2.11 bits per heavy atom. The Kier molecular flexibility index (Phi) is 4.74. The molecule has 4 nitrogen and oxygen atoms in total. The Balaban J connectivity index is 1.77. The summed E-state index contributed by atoms with van der Waals surface area (Å²) >= 11 is 0. The monoisotopic (exact) mass is 267 g/mol. The van der Waals surface area contributed by atoms with Crippen molar-refractivity contribution in [3.63, 3.8) is 0 Å². The van der Waals surface area contributed by atoms with Crippen molar-refractivity contribution in [1.29, 1.82) is 0 Å². The van der Waals surface area contributed by atoms with E-state index in [2.05, 4.69) is 4.90 Å². The number of halogens is 1. The smallest absolute Gasteiger partial charge is 0.335 e. The van der Waals surface area contributed by atoms with E-state index in [4.69, 9.17) is 9.84 Å². The summed E-state index contributed by atoms with van der Waals surface area (Å²) in [6.45, 7) is 3.69. The second-order valence-corrected chi connectivity index (χ2v) is 4.70. The van der Waals surface area contributed by atoms with E-state index in [1.54, 1.807) is 0 Å². The molecule has 1 aliphatic heterocycles. The van der Waals surface area contributed by atoms with Crippen LogP contribution in [0.25, 0.3) is 0 Å². The Bertz CT molecular complexity index is 444. The second-order valence-electron chi connectivity index (χ2n) is 4.70. The summed E-state index contributed by atoms with van der Waals surface area (Å²) in [5.74, 6) is -1.65. The van der Waals surface area contributed by atoms with Gasteiger partial charge in [-0.05, 0) is 50.6 Å². The molecular formula is C14H18FNO3. The molecule has 0 saturated carbocycles. The zero-order valence-electron chi connectivity index (χ0n) is 10.8. The van der Waals surface area contributed by atoms with Gasteiger partial charge in [0, 0.05) is 6.54 Å². The van der Waals surface area contributed by atoms with E-state index >= 15 is 0 Å². The molecule has 0 amide bonds. The van der Waals surface area contributed by atoms with Gasteiger partial charge in [0.05, 0.1) is 12.2 Å². The highest BCUT2D eigenvalue weighted by atomic mass is 19.1. The van der Waals surface area contributed by atoms with Crippen molar-refractivity contribution in [2.75, 3.05) is 26.2 Å². The van der Waals surface area contributed by atoms with Crippen molar-refractivity contribution in [3.8, 4) is 5.75 Å². The van der Waals surface area contributed by atoms with Crippen molar-refractivity contribution >= 4 is 5.97 Å². The molecule has 19 heavy (non-hydrogen) atoms. The maximum atomic E-state index is 13.5. The molecule has 1 aromatic carbocycles. The van der Waals surface area contributed by atoms with Crippen LogP contribution in [-0.2, 0) is 0 Å². The first-order valence-electron chi connectivity index (χ1n) is 6.55. The number of aromatic carboxylic acids is 1. The van der Waals surface area contributed by atoms with Gasteiger partial charge in [-0.25, -0.2) is 9.18 Å². The minimum absolute atomic E-state index is 0.0677. The third kappa shape index (κ3) is 3.92. The maximum Gasteiger partial charge on any atom is 0.335 e. The van der Waals surface area contributed by atoms with Crippen LogP contribution in [0.2, 0.25) is 0 Å². The molecule has 0 bridgehead atoms. The number of nitrogens with zero attached hydrogens (tertiary/aromatic N) is 1. The van der Waals surface area contributed by atoms with Crippen LogP contribution >= 0.6 is 0 Å². The SMILES string of the molecule is O=C(O)c1ccc(OCCCN2CCCC2)c(F)c1. The number of hydrogen-bond acceptors (Lipinski definition) is 3. The molecule has 104 valence electrons. The number of carboxylic acid groups (broad SMARTS) is 1. The van der Waals surface area contributed by atoms with Gasteiger partial charge >= 0.3 is 5.97 Å². The van der Waals surface area contributed by atoms with Crippen LogP contribution in [0.1, 0.15) is 29.6 Å². The predicted octanol–water partition coefficient (Wildman–Crippen LogP) is 2.39. The molecule has 1 heterocycles. The summed E-state index contributed by atoms with van der Waals surface area (Å²) in [5, 5.41) is 8.72. The number of ether oxygens (including phenoxy) is 1.